The Labute approximate surface area is 124 Å². The number of aryl methyl sites for hydroxylation is 2. The number of amides is 1. The van der Waals surface area contributed by atoms with Crippen molar-refractivity contribution in [1.29, 1.82) is 0 Å². The van der Waals surface area contributed by atoms with Crippen molar-refractivity contribution in [3.8, 4) is 0 Å². The quantitative estimate of drug-likeness (QED) is 0.849. The van der Waals surface area contributed by atoms with Crippen molar-refractivity contribution >= 4 is 11.6 Å². The van der Waals surface area contributed by atoms with Crippen LogP contribution in [0.15, 0.2) is 36.4 Å². The van der Waals surface area contributed by atoms with E-state index in [9.17, 15) is 9.18 Å². The first kappa shape index (κ1) is 15.0. The average molecular weight is 286 g/mol. The molecule has 0 spiro atoms. The summed E-state index contributed by atoms with van der Waals surface area (Å²) in [5.41, 5.74) is 9.82. The molecule has 0 unspecified atom stereocenters. The Bertz CT molecular complexity index is 668. The zero-order valence-electron chi connectivity index (χ0n) is 12.2. The van der Waals surface area contributed by atoms with Crippen molar-refractivity contribution in [3.63, 3.8) is 0 Å². The molecule has 0 fully saturated rings. The number of hydrogen-bond acceptors (Lipinski definition) is 2. The van der Waals surface area contributed by atoms with Crippen molar-refractivity contribution in [2.24, 2.45) is 0 Å². The molecule has 21 heavy (non-hydrogen) atoms. The predicted molar refractivity (Wildman–Crippen MR) is 82.8 cm³/mol. The Morgan fingerprint density at radius 1 is 1.14 bits per heavy atom. The van der Waals surface area contributed by atoms with Gasteiger partial charge in [0.05, 0.1) is 0 Å². The fraction of sp³-hybridized carbons (Fsp3) is 0.235. The fourth-order valence-corrected chi connectivity index (χ4v) is 2.17. The summed E-state index contributed by atoms with van der Waals surface area (Å²) in [4.78, 5) is 12.0. The number of nitrogen functional groups attached to an aromatic ring is 1. The average Bonchev–Trinajstić information content (AvgIpc) is 2.44. The minimum atomic E-state index is -0.238. The van der Waals surface area contributed by atoms with Crippen LogP contribution in [0.5, 0.6) is 0 Å². The van der Waals surface area contributed by atoms with Gasteiger partial charge in [0.1, 0.15) is 5.82 Å². The van der Waals surface area contributed by atoms with Crippen molar-refractivity contribution in [2.75, 3.05) is 12.3 Å². The Hall–Kier alpha value is -2.36. The van der Waals surface area contributed by atoms with Crippen LogP contribution in [-0.2, 0) is 6.42 Å². The van der Waals surface area contributed by atoms with Gasteiger partial charge in [0.25, 0.3) is 5.91 Å². The highest BCUT2D eigenvalue weighted by Crippen LogP contribution is 2.13. The number of benzene rings is 2. The van der Waals surface area contributed by atoms with Gasteiger partial charge in [-0.15, -0.1) is 0 Å². The van der Waals surface area contributed by atoms with Gasteiger partial charge in [0.15, 0.2) is 0 Å². The summed E-state index contributed by atoms with van der Waals surface area (Å²) in [6.45, 7) is 4.24. The highest BCUT2D eigenvalue weighted by atomic mass is 19.1. The lowest BCUT2D eigenvalue weighted by atomic mass is 10.1. The van der Waals surface area contributed by atoms with Crippen LogP contribution in [0, 0.1) is 19.7 Å². The molecule has 0 aliphatic heterocycles. The normalized spacial score (nSPS) is 10.4. The van der Waals surface area contributed by atoms with Crippen LogP contribution in [0.1, 0.15) is 27.0 Å². The van der Waals surface area contributed by atoms with Crippen LogP contribution >= 0.6 is 0 Å². The second-order valence-electron chi connectivity index (χ2n) is 5.15. The van der Waals surface area contributed by atoms with Crippen LogP contribution in [-0.4, -0.2) is 12.5 Å². The van der Waals surface area contributed by atoms with E-state index in [1.54, 1.807) is 24.3 Å². The van der Waals surface area contributed by atoms with Crippen LogP contribution in [0.2, 0.25) is 0 Å². The molecule has 0 aromatic heterocycles. The van der Waals surface area contributed by atoms with E-state index in [0.29, 0.717) is 24.2 Å². The number of anilines is 1. The number of nitrogens with two attached hydrogens (primary N) is 1. The molecule has 0 atom stereocenters. The Kier molecular flexibility index (Phi) is 4.58. The van der Waals surface area contributed by atoms with E-state index in [1.807, 2.05) is 13.8 Å². The highest BCUT2D eigenvalue weighted by Gasteiger charge is 2.07. The molecule has 0 aliphatic rings. The van der Waals surface area contributed by atoms with Crippen molar-refractivity contribution in [1.82, 2.24) is 5.32 Å². The van der Waals surface area contributed by atoms with E-state index in [1.165, 1.54) is 12.1 Å². The van der Waals surface area contributed by atoms with Gasteiger partial charge in [0.2, 0.25) is 0 Å². The second-order valence-corrected chi connectivity index (χ2v) is 5.15. The molecule has 0 bridgehead atoms. The number of halogens is 1. The third-order valence-electron chi connectivity index (χ3n) is 3.52. The summed E-state index contributed by atoms with van der Waals surface area (Å²) >= 11 is 0. The third kappa shape index (κ3) is 3.81. The summed E-state index contributed by atoms with van der Waals surface area (Å²) in [7, 11) is 0. The zero-order valence-corrected chi connectivity index (χ0v) is 12.2. The van der Waals surface area contributed by atoms with E-state index < -0.39 is 0 Å². The fourth-order valence-electron chi connectivity index (χ4n) is 2.17. The Morgan fingerprint density at radius 3 is 2.57 bits per heavy atom. The monoisotopic (exact) mass is 286 g/mol. The van der Waals surface area contributed by atoms with Crippen LogP contribution in [0.4, 0.5) is 10.1 Å². The number of nitrogens with one attached hydrogen (secondary N) is 1. The minimum Gasteiger partial charge on any atom is -0.399 e. The van der Waals surface area contributed by atoms with Gasteiger partial charge in [-0.25, -0.2) is 4.39 Å². The molecule has 110 valence electrons. The lowest BCUT2D eigenvalue weighted by Crippen LogP contribution is -2.26. The molecule has 0 saturated carbocycles. The predicted octanol–water partition coefficient (Wildman–Crippen LogP) is 3.00. The SMILES string of the molecule is Cc1cc(C(=O)NCCc2ccc(F)cc2C)ccc1N. The summed E-state index contributed by atoms with van der Waals surface area (Å²) in [6.07, 6.45) is 0.672. The van der Waals surface area contributed by atoms with E-state index in [2.05, 4.69) is 5.32 Å². The smallest absolute Gasteiger partial charge is 0.251 e. The summed E-state index contributed by atoms with van der Waals surface area (Å²) in [6, 6.07) is 9.90. The first-order valence-electron chi connectivity index (χ1n) is 6.86. The first-order chi connectivity index (χ1) is 9.97. The summed E-state index contributed by atoms with van der Waals surface area (Å²) in [5.74, 6) is -0.365. The molecule has 3 N–H and O–H groups in total. The maximum atomic E-state index is 13.0. The van der Waals surface area contributed by atoms with Crippen LogP contribution in [0.25, 0.3) is 0 Å². The van der Waals surface area contributed by atoms with Crippen LogP contribution < -0.4 is 11.1 Å². The van der Waals surface area contributed by atoms with Crippen molar-refractivity contribution in [2.45, 2.75) is 20.3 Å². The van der Waals surface area contributed by atoms with E-state index >= 15 is 0 Å². The first-order valence-corrected chi connectivity index (χ1v) is 6.86. The molecule has 2 aromatic rings. The Morgan fingerprint density at radius 2 is 1.90 bits per heavy atom. The third-order valence-corrected chi connectivity index (χ3v) is 3.52. The molecule has 0 aliphatic carbocycles. The molecular formula is C17H19FN2O. The minimum absolute atomic E-state index is 0.127. The number of carbonyl (C=O) groups excluding carboxylic acids is 1. The van der Waals surface area contributed by atoms with Gasteiger partial charge < -0.3 is 11.1 Å². The molecular weight excluding hydrogens is 267 g/mol. The maximum Gasteiger partial charge on any atom is 0.251 e. The largest absolute Gasteiger partial charge is 0.399 e. The molecule has 1 amide bonds. The zero-order chi connectivity index (χ0) is 15.4. The maximum absolute atomic E-state index is 13.0. The van der Waals surface area contributed by atoms with Gasteiger partial charge >= 0.3 is 0 Å². The molecule has 2 aromatic carbocycles. The van der Waals surface area contributed by atoms with Crippen molar-refractivity contribution < 1.29 is 9.18 Å². The van der Waals surface area contributed by atoms with Gasteiger partial charge in [-0.3, -0.25) is 4.79 Å². The molecule has 4 heteroatoms. The number of hydrogen-bond donors (Lipinski definition) is 2. The van der Waals surface area contributed by atoms with Gasteiger partial charge in [0, 0.05) is 17.8 Å². The number of carbonyl (C=O) groups is 1. The summed E-state index contributed by atoms with van der Waals surface area (Å²) in [5, 5.41) is 2.86. The van der Waals surface area contributed by atoms with E-state index in [0.717, 1.165) is 16.7 Å². The van der Waals surface area contributed by atoms with Crippen LogP contribution in [0.3, 0.4) is 0 Å². The molecule has 0 radical (unpaired) electrons. The van der Waals surface area contributed by atoms with Crippen molar-refractivity contribution in [3.05, 3.63) is 64.5 Å². The van der Waals surface area contributed by atoms with E-state index in [-0.39, 0.29) is 11.7 Å². The number of rotatable bonds is 4. The van der Waals surface area contributed by atoms with Gasteiger partial charge in [-0.1, -0.05) is 6.07 Å². The molecule has 0 heterocycles. The van der Waals surface area contributed by atoms with Gasteiger partial charge in [-0.2, -0.15) is 0 Å². The molecule has 0 saturated heterocycles. The Balaban J connectivity index is 1.93. The highest BCUT2D eigenvalue weighted by molar-refractivity contribution is 5.94. The molecule has 2 rings (SSSR count). The lowest BCUT2D eigenvalue weighted by molar-refractivity contribution is 0.0954. The standard InChI is InChI=1S/C17H19FN2O/c1-11-10-15(18)5-3-13(11)7-8-20-17(21)14-4-6-16(19)12(2)9-14/h3-6,9-10H,7-8,19H2,1-2H3,(H,20,21). The second kappa shape index (κ2) is 6.39. The van der Waals surface area contributed by atoms with Gasteiger partial charge in [-0.05, 0) is 67.3 Å². The topological polar surface area (TPSA) is 55.1 Å². The molecule has 3 nitrogen and oxygen atoms in total. The lowest BCUT2D eigenvalue weighted by Gasteiger charge is -2.09. The summed E-state index contributed by atoms with van der Waals surface area (Å²) < 4.78 is 13.0. The van der Waals surface area contributed by atoms with E-state index in [4.69, 9.17) is 5.73 Å².